The molecular weight excluding hydrogens is 399 g/mol. The van der Waals surface area contributed by atoms with Crippen LogP contribution in [0.25, 0.3) is 27.1 Å². The van der Waals surface area contributed by atoms with Gasteiger partial charge in [-0.15, -0.1) is 7.05 Å². The fourth-order valence-electron chi connectivity index (χ4n) is 3.63. The maximum absolute atomic E-state index is 11.7. The average molecular weight is 420 g/mol. The van der Waals surface area contributed by atoms with Crippen molar-refractivity contribution in [1.82, 2.24) is 19.3 Å². The molecule has 28 heavy (non-hydrogen) atoms. The first-order chi connectivity index (χ1) is 13.0. The summed E-state index contributed by atoms with van der Waals surface area (Å²) in [6, 6.07) is 6.01. The van der Waals surface area contributed by atoms with Gasteiger partial charge in [0.1, 0.15) is 5.82 Å². The van der Waals surface area contributed by atoms with Crippen LogP contribution in [0, 0.1) is 13.8 Å². The second-order valence-corrected chi connectivity index (χ2v) is 6.68. The van der Waals surface area contributed by atoms with Gasteiger partial charge in [-0.3, -0.25) is 4.68 Å². The van der Waals surface area contributed by atoms with Gasteiger partial charge in [-0.05, 0) is 43.2 Å². The van der Waals surface area contributed by atoms with Gasteiger partial charge in [-0.2, -0.15) is 5.10 Å². The third-order valence-corrected chi connectivity index (χ3v) is 4.96. The molecule has 0 atom stereocenters. The van der Waals surface area contributed by atoms with E-state index in [1.807, 2.05) is 40.8 Å². The summed E-state index contributed by atoms with van der Waals surface area (Å²) in [5.74, 6) is 0.604. The van der Waals surface area contributed by atoms with Crippen LogP contribution in [0.4, 0.5) is 11.5 Å². The Bertz CT molecular complexity index is 1180. The number of amides is 1. The Hall–Kier alpha value is -2.84. The van der Waals surface area contributed by atoms with Crippen molar-refractivity contribution < 1.29 is 21.6 Å². The number of anilines is 2. The van der Waals surface area contributed by atoms with Crippen molar-refractivity contribution in [2.24, 2.45) is 7.05 Å². The summed E-state index contributed by atoms with van der Waals surface area (Å²) in [6.45, 7) is 4.39. The first-order valence-corrected chi connectivity index (χ1v) is 8.75. The molecule has 0 aliphatic heterocycles. The van der Waals surface area contributed by atoms with Crippen LogP contribution in [0.15, 0.2) is 36.8 Å². The van der Waals surface area contributed by atoms with Crippen molar-refractivity contribution >= 4 is 39.2 Å². The monoisotopic (exact) mass is 420 g/mol. The number of likely N-dealkylation sites (N-methyl/N-ethyl adjacent to an activating group) is 1. The fourth-order valence-corrected chi connectivity index (χ4v) is 3.63. The molecule has 8 heteroatoms. The summed E-state index contributed by atoms with van der Waals surface area (Å²) in [6.07, 6.45) is 5.53. The molecule has 7 nitrogen and oxygen atoms in total. The Kier molecular flexibility index (Phi) is 5.44. The summed E-state index contributed by atoms with van der Waals surface area (Å²) in [5, 5.41) is 13.7. The molecule has 0 saturated heterocycles. The molecule has 1 N–H and O–H groups in total. The molecule has 147 valence electrons. The number of hydrogen-bond acceptors (Lipinski definition) is 4. The molecule has 1 radical (unpaired) electrons. The van der Waals surface area contributed by atoms with Gasteiger partial charge >= 0.3 is 0 Å². The summed E-state index contributed by atoms with van der Waals surface area (Å²) in [7, 11) is 3.46. The molecule has 1 amide bonds. The van der Waals surface area contributed by atoms with Crippen LogP contribution in [-0.2, 0) is 35.2 Å². The van der Waals surface area contributed by atoms with Gasteiger partial charge in [0.2, 0.25) is 0 Å². The molecule has 0 aliphatic rings. The Morgan fingerprint density at radius 3 is 2.82 bits per heavy atom. The predicted octanol–water partition coefficient (Wildman–Crippen LogP) is 3.81. The maximum Gasteiger partial charge on any atom is 0.139 e. The van der Waals surface area contributed by atoms with Crippen LogP contribution in [-0.4, -0.2) is 32.3 Å². The zero-order chi connectivity index (χ0) is 19.1. The van der Waals surface area contributed by atoms with Crippen LogP contribution < -0.4 is 5.32 Å². The van der Waals surface area contributed by atoms with Gasteiger partial charge in [0.15, 0.2) is 0 Å². The van der Waals surface area contributed by atoms with Crippen LogP contribution >= 0.6 is 0 Å². The standard InChI is InChI=1S/C20H22N6O.Co/c1-12-9-14-10-23-25(4)19(14)13(2)18(12)24-20-15-6-8-26(11-17(27)21-3)16(15)5-7-22-20;/h5-10H,11H2,1-4H3,(H2,21,22,23,24,27);/p-1. The molecule has 3 aromatic heterocycles. The number of benzene rings is 1. The number of carbonyl (C=O) groups is 1. The minimum Gasteiger partial charge on any atom is -0.654 e. The van der Waals surface area contributed by atoms with Gasteiger partial charge in [-0.1, -0.05) is 0 Å². The fraction of sp³-hybridized carbons (Fsp3) is 0.250. The summed E-state index contributed by atoms with van der Waals surface area (Å²) >= 11 is 0. The van der Waals surface area contributed by atoms with E-state index < -0.39 is 0 Å². The number of carbonyl (C=O) groups excluding carboxylic acids is 1. The van der Waals surface area contributed by atoms with Crippen molar-refractivity contribution in [2.45, 2.75) is 20.4 Å². The first-order valence-electron chi connectivity index (χ1n) is 8.75. The van der Waals surface area contributed by atoms with Crippen LogP contribution in [0.5, 0.6) is 0 Å². The number of nitrogens with zero attached hydrogens (tertiary/aromatic N) is 5. The molecule has 0 unspecified atom stereocenters. The van der Waals surface area contributed by atoms with Gasteiger partial charge in [0, 0.05) is 52.7 Å². The third kappa shape index (κ3) is 3.25. The maximum atomic E-state index is 11.7. The minimum absolute atomic E-state index is 0. The molecule has 0 saturated carbocycles. The summed E-state index contributed by atoms with van der Waals surface area (Å²) < 4.78 is 3.78. The van der Waals surface area contributed by atoms with Crippen LogP contribution in [0.2, 0.25) is 0 Å². The predicted molar refractivity (Wildman–Crippen MR) is 107 cm³/mol. The molecule has 1 aromatic carbocycles. The van der Waals surface area contributed by atoms with Crippen LogP contribution in [0.3, 0.4) is 0 Å². The molecule has 0 spiro atoms. The number of aryl methyl sites for hydroxylation is 3. The minimum atomic E-state index is -0.160. The van der Waals surface area contributed by atoms with Crippen molar-refractivity contribution in [3.63, 3.8) is 0 Å². The molecule has 0 fully saturated rings. The zero-order valence-electron chi connectivity index (χ0n) is 16.1. The topological polar surface area (TPSA) is 78.8 Å². The smallest absolute Gasteiger partial charge is 0.139 e. The molecule has 0 aliphatic carbocycles. The number of pyridine rings is 1. The Morgan fingerprint density at radius 1 is 1.29 bits per heavy atom. The largest absolute Gasteiger partial charge is 0.654 e. The number of hydrogen-bond donors (Lipinski definition) is 1. The molecular formula is C20H21CoN6O-. The summed E-state index contributed by atoms with van der Waals surface area (Å²) in [4.78, 5) is 16.2. The van der Waals surface area contributed by atoms with E-state index in [4.69, 9.17) is 0 Å². The molecule has 4 aromatic rings. The van der Waals surface area contributed by atoms with Gasteiger partial charge in [0.25, 0.3) is 0 Å². The van der Waals surface area contributed by atoms with Crippen molar-refractivity contribution in [3.8, 4) is 0 Å². The van der Waals surface area contributed by atoms with Gasteiger partial charge in [0.05, 0.1) is 29.7 Å². The van der Waals surface area contributed by atoms with E-state index in [9.17, 15) is 4.79 Å². The van der Waals surface area contributed by atoms with Crippen molar-refractivity contribution in [1.29, 1.82) is 0 Å². The second kappa shape index (κ2) is 7.65. The Labute approximate surface area is 173 Å². The van der Waals surface area contributed by atoms with Gasteiger partial charge in [-0.25, -0.2) is 4.98 Å². The van der Waals surface area contributed by atoms with E-state index in [-0.39, 0.29) is 29.2 Å². The molecule has 4 rings (SSSR count). The SMILES string of the molecule is C[N-]C(=O)Cn1ccc2c(Nc3c(C)cc4cnn(C)c4c3C)nccc21.[Co]. The second-order valence-electron chi connectivity index (χ2n) is 6.68. The van der Waals surface area contributed by atoms with E-state index in [0.717, 1.165) is 44.4 Å². The number of rotatable bonds is 4. The summed E-state index contributed by atoms with van der Waals surface area (Å²) in [5.41, 5.74) is 5.33. The number of nitrogens with one attached hydrogen (secondary N) is 1. The van der Waals surface area contributed by atoms with Crippen molar-refractivity contribution in [2.75, 3.05) is 12.4 Å². The number of aromatic nitrogens is 4. The van der Waals surface area contributed by atoms with Gasteiger partial charge < -0.3 is 20.0 Å². The Morgan fingerprint density at radius 2 is 2.07 bits per heavy atom. The Balaban J connectivity index is 0.00000225. The molecule has 0 bridgehead atoms. The van der Waals surface area contributed by atoms with E-state index in [1.165, 1.54) is 7.05 Å². The van der Waals surface area contributed by atoms with Crippen LogP contribution in [0.1, 0.15) is 11.1 Å². The normalized spacial score (nSPS) is 10.9. The van der Waals surface area contributed by atoms with E-state index >= 15 is 0 Å². The average Bonchev–Trinajstić information content (AvgIpc) is 3.23. The number of fused-ring (bicyclic) bond motifs is 2. The van der Waals surface area contributed by atoms with E-state index in [0.29, 0.717) is 0 Å². The molecule has 3 heterocycles. The zero-order valence-corrected chi connectivity index (χ0v) is 17.2. The van der Waals surface area contributed by atoms with Crippen molar-refractivity contribution in [3.05, 3.63) is 53.2 Å². The first kappa shape index (κ1) is 19.9. The third-order valence-electron chi connectivity index (χ3n) is 4.96. The quantitative estimate of drug-likeness (QED) is 0.545. The van der Waals surface area contributed by atoms with E-state index in [2.05, 4.69) is 40.6 Å². The van der Waals surface area contributed by atoms with E-state index in [1.54, 1.807) is 6.20 Å².